The first kappa shape index (κ1) is 27.1. The molecule has 0 heterocycles. The van der Waals surface area contributed by atoms with Gasteiger partial charge in [0.05, 0.1) is 17.2 Å². The molecule has 2 aromatic rings. The van der Waals surface area contributed by atoms with Gasteiger partial charge >= 0.3 is 0 Å². The molecular weight excluding hydrogens is 458 g/mol. The van der Waals surface area contributed by atoms with Crippen molar-refractivity contribution < 1.29 is 27.9 Å². The van der Waals surface area contributed by atoms with Gasteiger partial charge in [0.2, 0.25) is 15.9 Å². The second-order valence-corrected chi connectivity index (χ2v) is 9.85. The molecular formula is C24H33N3O6S. The van der Waals surface area contributed by atoms with Crippen LogP contribution in [0, 0.1) is 5.92 Å². The average molecular weight is 492 g/mol. The molecule has 3 N–H and O–H groups in total. The fraction of sp³-hybridized carbons (Fsp3) is 0.417. The van der Waals surface area contributed by atoms with E-state index in [1.807, 2.05) is 6.92 Å². The molecule has 0 saturated heterocycles. The van der Waals surface area contributed by atoms with Crippen molar-refractivity contribution in [3.8, 4) is 11.5 Å². The predicted octanol–water partition coefficient (Wildman–Crippen LogP) is 3.21. The van der Waals surface area contributed by atoms with Crippen molar-refractivity contribution >= 4 is 27.5 Å². The Kier molecular flexibility index (Phi) is 9.46. The Morgan fingerprint density at radius 1 is 1.03 bits per heavy atom. The third kappa shape index (κ3) is 6.48. The molecule has 0 bridgehead atoms. The van der Waals surface area contributed by atoms with Crippen LogP contribution in [-0.4, -0.2) is 55.4 Å². The van der Waals surface area contributed by atoms with Crippen LogP contribution in [-0.2, 0) is 14.8 Å². The largest absolute Gasteiger partial charge is 0.506 e. The average Bonchev–Trinajstić information content (AvgIpc) is 2.79. The lowest BCUT2D eigenvalue weighted by molar-refractivity contribution is -0.118. The van der Waals surface area contributed by atoms with E-state index in [1.54, 1.807) is 52.0 Å². The molecule has 34 heavy (non-hydrogen) atoms. The molecule has 0 unspecified atom stereocenters. The topological polar surface area (TPSA) is 125 Å². The first-order valence-electron chi connectivity index (χ1n) is 11.2. The lowest BCUT2D eigenvalue weighted by Gasteiger charge is -2.23. The van der Waals surface area contributed by atoms with Gasteiger partial charge in [-0.15, -0.1) is 0 Å². The molecule has 10 heteroatoms. The van der Waals surface area contributed by atoms with Gasteiger partial charge in [0.25, 0.3) is 5.91 Å². The number of phenols is 1. The number of phenolic OH excluding ortho intramolecular Hbond substituents is 1. The van der Waals surface area contributed by atoms with Gasteiger partial charge in [-0.2, -0.15) is 4.31 Å². The third-order valence-electron chi connectivity index (χ3n) is 5.23. The number of hydrogen-bond donors (Lipinski definition) is 3. The Labute approximate surface area is 201 Å². The van der Waals surface area contributed by atoms with Crippen LogP contribution >= 0.6 is 0 Å². The molecule has 0 radical (unpaired) electrons. The van der Waals surface area contributed by atoms with Gasteiger partial charge in [0.1, 0.15) is 17.5 Å². The number of ether oxygens (including phenoxy) is 1. The fourth-order valence-corrected chi connectivity index (χ4v) is 4.81. The predicted molar refractivity (Wildman–Crippen MR) is 131 cm³/mol. The molecule has 0 aliphatic heterocycles. The molecule has 2 rings (SSSR count). The Bertz CT molecular complexity index is 1100. The number of sulfonamides is 1. The van der Waals surface area contributed by atoms with Gasteiger partial charge in [-0.05, 0) is 55.3 Å². The minimum Gasteiger partial charge on any atom is -0.506 e. The van der Waals surface area contributed by atoms with Crippen LogP contribution < -0.4 is 15.4 Å². The summed E-state index contributed by atoms with van der Waals surface area (Å²) in [5.41, 5.74) is 0.302. The lowest BCUT2D eigenvalue weighted by atomic mass is 10.0. The molecule has 2 amide bonds. The van der Waals surface area contributed by atoms with Crippen molar-refractivity contribution in [3.05, 3.63) is 48.0 Å². The van der Waals surface area contributed by atoms with E-state index in [4.69, 9.17) is 4.74 Å². The van der Waals surface area contributed by atoms with Crippen molar-refractivity contribution in [1.82, 2.24) is 9.62 Å². The van der Waals surface area contributed by atoms with Crippen LogP contribution in [0.3, 0.4) is 0 Å². The van der Waals surface area contributed by atoms with Crippen molar-refractivity contribution in [2.45, 2.75) is 45.6 Å². The van der Waals surface area contributed by atoms with Crippen LogP contribution in [0.15, 0.2) is 47.4 Å². The maximum absolute atomic E-state index is 13.0. The van der Waals surface area contributed by atoms with Gasteiger partial charge in [0.15, 0.2) is 0 Å². The normalized spacial score (nSPS) is 12.4. The van der Waals surface area contributed by atoms with Crippen molar-refractivity contribution in [3.63, 3.8) is 0 Å². The molecule has 186 valence electrons. The quantitative estimate of drug-likeness (QED) is 0.415. The number of nitrogens with zero attached hydrogens (tertiary/aromatic N) is 1. The summed E-state index contributed by atoms with van der Waals surface area (Å²) in [6.07, 6.45) is 0. The molecule has 2 aromatic carbocycles. The highest BCUT2D eigenvalue weighted by atomic mass is 32.2. The van der Waals surface area contributed by atoms with Gasteiger partial charge in [-0.1, -0.05) is 27.7 Å². The minimum absolute atomic E-state index is 0.0520. The first-order chi connectivity index (χ1) is 16.0. The van der Waals surface area contributed by atoms with E-state index in [0.717, 1.165) is 0 Å². The van der Waals surface area contributed by atoms with Gasteiger partial charge < -0.3 is 20.5 Å². The van der Waals surface area contributed by atoms with E-state index in [-0.39, 0.29) is 35.3 Å². The maximum atomic E-state index is 13.0. The maximum Gasteiger partial charge on any atom is 0.251 e. The Balaban J connectivity index is 2.23. The summed E-state index contributed by atoms with van der Waals surface area (Å²) in [6, 6.07) is 9.33. The van der Waals surface area contributed by atoms with Gasteiger partial charge in [-0.25, -0.2) is 8.42 Å². The summed E-state index contributed by atoms with van der Waals surface area (Å²) < 4.78 is 32.3. The number of nitrogens with one attached hydrogen (secondary N) is 2. The number of aromatic hydroxyl groups is 1. The van der Waals surface area contributed by atoms with Crippen LogP contribution in [0.25, 0.3) is 0 Å². The zero-order chi connectivity index (χ0) is 25.5. The van der Waals surface area contributed by atoms with E-state index in [2.05, 4.69) is 10.6 Å². The third-order valence-corrected chi connectivity index (χ3v) is 7.28. The van der Waals surface area contributed by atoms with E-state index < -0.39 is 27.9 Å². The highest BCUT2D eigenvalue weighted by Crippen LogP contribution is 2.28. The van der Waals surface area contributed by atoms with E-state index in [9.17, 15) is 23.1 Å². The summed E-state index contributed by atoms with van der Waals surface area (Å²) in [6.45, 7) is 9.93. The van der Waals surface area contributed by atoms with Gasteiger partial charge in [-0.3, -0.25) is 9.59 Å². The van der Waals surface area contributed by atoms with E-state index in [0.29, 0.717) is 17.9 Å². The number of hydrogen-bond acceptors (Lipinski definition) is 6. The lowest BCUT2D eigenvalue weighted by Crippen LogP contribution is -2.47. The molecule has 0 spiro atoms. The summed E-state index contributed by atoms with van der Waals surface area (Å²) in [5.74, 6) is -0.961. The summed E-state index contributed by atoms with van der Waals surface area (Å²) in [4.78, 5) is 25.7. The molecule has 0 aromatic heterocycles. The minimum atomic E-state index is -3.78. The Morgan fingerprint density at radius 3 is 2.18 bits per heavy atom. The highest BCUT2D eigenvalue weighted by Gasteiger charge is 2.27. The van der Waals surface area contributed by atoms with Crippen LogP contribution in [0.2, 0.25) is 0 Å². The molecule has 0 fully saturated rings. The van der Waals surface area contributed by atoms with E-state index in [1.165, 1.54) is 22.5 Å². The summed E-state index contributed by atoms with van der Waals surface area (Å²) in [5, 5.41) is 15.5. The number of amides is 2. The molecule has 9 nitrogen and oxygen atoms in total. The first-order valence-corrected chi connectivity index (χ1v) is 12.7. The standard InChI is InChI=1S/C24H33N3O6S/c1-6-27(7-2)34(31,32)19-13-14-21(28)20(15-19)25-24(30)22(16(4)5)26-23(29)17-9-11-18(12-10-17)33-8-3/h9-16,22,28H,6-8H2,1-5H3,(H,25,30)(H,26,29)/t22-/m0/s1. The number of anilines is 1. The second-order valence-electron chi connectivity index (χ2n) is 7.91. The van der Waals surface area contributed by atoms with Crippen LogP contribution in [0.4, 0.5) is 5.69 Å². The van der Waals surface area contributed by atoms with Crippen LogP contribution in [0.5, 0.6) is 11.5 Å². The molecule has 0 saturated carbocycles. The zero-order valence-corrected chi connectivity index (χ0v) is 21.0. The van der Waals surface area contributed by atoms with Crippen molar-refractivity contribution in [1.29, 1.82) is 0 Å². The summed E-state index contributed by atoms with van der Waals surface area (Å²) >= 11 is 0. The molecule has 0 aliphatic carbocycles. The smallest absolute Gasteiger partial charge is 0.251 e. The monoisotopic (exact) mass is 491 g/mol. The fourth-order valence-electron chi connectivity index (χ4n) is 3.33. The second kappa shape index (κ2) is 11.8. The van der Waals surface area contributed by atoms with Crippen molar-refractivity contribution in [2.24, 2.45) is 5.92 Å². The number of benzene rings is 2. The number of carbonyl (C=O) groups excluding carboxylic acids is 2. The molecule has 1 atom stereocenters. The molecule has 0 aliphatic rings. The Hall–Kier alpha value is -3.11. The summed E-state index contributed by atoms with van der Waals surface area (Å²) in [7, 11) is -3.78. The van der Waals surface area contributed by atoms with Crippen LogP contribution in [0.1, 0.15) is 45.0 Å². The number of carbonyl (C=O) groups is 2. The SMILES string of the molecule is CCOc1ccc(C(=O)N[C@H](C(=O)Nc2cc(S(=O)(=O)N(CC)CC)ccc2O)C(C)C)cc1. The van der Waals surface area contributed by atoms with Gasteiger partial charge in [0, 0.05) is 18.7 Å². The Morgan fingerprint density at radius 2 is 1.65 bits per heavy atom. The zero-order valence-electron chi connectivity index (χ0n) is 20.2. The van der Waals surface area contributed by atoms with E-state index >= 15 is 0 Å². The highest BCUT2D eigenvalue weighted by molar-refractivity contribution is 7.89. The number of rotatable bonds is 11. The van der Waals surface area contributed by atoms with Crippen molar-refractivity contribution in [2.75, 3.05) is 25.0 Å².